The van der Waals surface area contributed by atoms with Crippen molar-refractivity contribution in [3.05, 3.63) is 98.3 Å². The molecule has 0 saturated heterocycles. The van der Waals surface area contributed by atoms with E-state index in [1.54, 1.807) is 18.2 Å². The Kier molecular flexibility index (Phi) is 4.88. The van der Waals surface area contributed by atoms with Crippen LogP contribution < -0.4 is 5.32 Å². The van der Waals surface area contributed by atoms with Crippen molar-refractivity contribution in [3.63, 3.8) is 0 Å². The van der Waals surface area contributed by atoms with Gasteiger partial charge < -0.3 is 9.72 Å². The number of anilines is 1. The second-order valence-electron chi connectivity index (χ2n) is 6.85. The van der Waals surface area contributed by atoms with Crippen molar-refractivity contribution in [2.45, 2.75) is 6.92 Å². The van der Waals surface area contributed by atoms with E-state index in [1.807, 2.05) is 41.9 Å². The number of rotatable bonds is 5. The van der Waals surface area contributed by atoms with Crippen molar-refractivity contribution >= 4 is 28.6 Å². The smallest absolute Gasteiger partial charge is 0.289 e. The topological polar surface area (TPSA) is 133 Å². The Morgan fingerprint density at radius 1 is 1.03 bits per heavy atom. The Morgan fingerprint density at radius 2 is 1.84 bits per heavy atom. The molecule has 2 aromatic heterocycles. The minimum atomic E-state index is -0.822. The first-order valence-corrected chi connectivity index (χ1v) is 9.12. The van der Waals surface area contributed by atoms with Crippen molar-refractivity contribution in [2.24, 2.45) is 0 Å². The molecule has 1 amide bonds. The van der Waals surface area contributed by atoms with Crippen LogP contribution in [0, 0.1) is 27.2 Å². The highest BCUT2D eigenvalue weighted by Gasteiger charge is 2.24. The lowest BCUT2D eigenvalue weighted by Gasteiger charge is -2.07. The van der Waals surface area contributed by atoms with Gasteiger partial charge in [0.05, 0.1) is 21.6 Å². The minimum Gasteiger partial charge on any atom is -0.322 e. The van der Waals surface area contributed by atoms with E-state index < -0.39 is 27.1 Å². The molecule has 0 aliphatic carbocycles. The summed E-state index contributed by atoms with van der Waals surface area (Å²) in [5.74, 6) is -0.746. The number of nitrogens with one attached hydrogen (secondary N) is 1. The molecule has 0 radical (unpaired) electrons. The van der Waals surface area contributed by atoms with Crippen molar-refractivity contribution in [3.8, 4) is 11.3 Å². The predicted molar refractivity (Wildman–Crippen MR) is 113 cm³/mol. The van der Waals surface area contributed by atoms with Crippen molar-refractivity contribution in [1.29, 1.82) is 0 Å². The number of pyridine rings is 1. The fourth-order valence-corrected chi connectivity index (χ4v) is 3.15. The molecule has 31 heavy (non-hydrogen) atoms. The van der Waals surface area contributed by atoms with E-state index >= 15 is 0 Å². The first-order chi connectivity index (χ1) is 14.8. The number of nitrogens with zero attached hydrogens (tertiary/aromatic N) is 4. The van der Waals surface area contributed by atoms with Crippen LogP contribution in [0.3, 0.4) is 0 Å². The third-order valence-corrected chi connectivity index (χ3v) is 4.67. The van der Waals surface area contributed by atoms with Gasteiger partial charge >= 0.3 is 0 Å². The number of benzene rings is 2. The van der Waals surface area contributed by atoms with Gasteiger partial charge in [-0.1, -0.05) is 12.1 Å². The molecule has 2 aromatic carbocycles. The predicted octanol–water partition coefficient (Wildman–Crippen LogP) is 4.38. The van der Waals surface area contributed by atoms with E-state index in [2.05, 4.69) is 10.3 Å². The molecule has 0 bridgehead atoms. The normalized spacial score (nSPS) is 10.7. The SMILES string of the molecule is Cc1ccn2cc(-c3cccc(NC(=O)c4ccc([N+](=O)[O-])cc4[N+](=O)[O-])c3)nc2c1. The molecule has 0 unspecified atom stereocenters. The molecule has 154 valence electrons. The number of nitro benzene ring substituents is 2. The summed E-state index contributed by atoms with van der Waals surface area (Å²) in [6.07, 6.45) is 3.76. The molecule has 0 saturated carbocycles. The highest BCUT2D eigenvalue weighted by atomic mass is 16.6. The second-order valence-corrected chi connectivity index (χ2v) is 6.85. The van der Waals surface area contributed by atoms with E-state index in [0.29, 0.717) is 11.4 Å². The number of nitro groups is 2. The zero-order valence-corrected chi connectivity index (χ0v) is 16.2. The fraction of sp³-hybridized carbons (Fsp3) is 0.0476. The molecule has 0 spiro atoms. The minimum absolute atomic E-state index is 0.274. The average Bonchev–Trinajstić information content (AvgIpc) is 3.16. The zero-order chi connectivity index (χ0) is 22.1. The largest absolute Gasteiger partial charge is 0.322 e. The maximum absolute atomic E-state index is 12.6. The van der Waals surface area contributed by atoms with Crippen LogP contribution in [0.5, 0.6) is 0 Å². The van der Waals surface area contributed by atoms with E-state index in [9.17, 15) is 25.0 Å². The van der Waals surface area contributed by atoms with Gasteiger partial charge in [-0.25, -0.2) is 4.98 Å². The summed E-state index contributed by atoms with van der Waals surface area (Å²) in [6, 6.07) is 13.7. The summed E-state index contributed by atoms with van der Waals surface area (Å²) in [5.41, 5.74) is 2.33. The van der Waals surface area contributed by atoms with Crippen LogP contribution in [0.2, 0.25) is 0 Å². The number of hydrogen-bond acceptors (Lipinski definition) is 6. The molecule has 10 heteroatoms. The molecule has 0 atom stereocenters. The summed E-state index contributed by atoms with van der Waals surface area (Å²) in [6.45, 7) is 1.97. The van der Waals surface area contributed by atoms with E-state index in [1.165, 1.54) is 0 Å². The molecular weight excluding hydrogens is 402 g/mol. The Balaban J connectivity index is 1.64. The maximum Gasteiger partial charge on any atom is 0.289 e. The molecular formula is C21H15N5O5. The van der Waals surface area contributed by atoms with Crippen LogP contribution in [0.25, 0.3) is 16.9 Å². The monoisotopic (exact) mass is 417 g/mol. The fourth-order valence-electron chi connectivity index (χ4n) is 3.15. The number of carbonyl (C=O) groups is 1. The van der Waals surface area contributed by atoms with Gasteiger partial charge in [-0.2, -0.15) is 0 Å². The summed E-state index contributed by atoms with van der Waals surface area (Å²) < 4.78 is 1.88. The molecule has 4 aromatic rings. The maximum atomic E-state index is 12.6. The van der Waals surface area contributed by atoms with Crippen molar-refractivity contribution in [2.75, 3.05) is 5.32 Å². The lowest BCUT2D eigenvalue weighted by molar-refractivity contribution is -0.394. The molecule has 4 rings (SSSR count). The van der Waals surface area contributed by atoms with Gasteiger partial charge in [-0.3, -0.25) is 25.0 Å². The van der Waals surface area contributed by atoms with Gasteiger partial charge in [-0.15, -0.1) is 0 Å². The number of aromatic nitrogens is 2. The third-order valence-electron chi connectivity index (χ3n) is 4.67. The Labute approximate surface area is 175 Å². The van der Waals surface area contributed by atoms with Crippen LogP contribution in [0.1, 0.15) is 15.9 Å². The van der Waals surface area contributed by atoms with Crippen LogP contribution >= 0.6 is 0 Å². The Hall–Kier alpha value is -4.60. The van der Waals surface area contributed by atoms with Crippen molar-refractivity contribution in [1.82, 2.24) is 9.38 Å². The lowest BCUT2D eigenvalue weighted by atomic mass is 10.1. The molecule has 0 aliphatic rings. The van der Waals surface area contributed by atoms with Gasteiger partial charge in [0.1, 0.15) is 11.2 Å². The van der Waals surface area contributed by atoms with Crippen LogP contribution in [-0.2, 0) is 0 Å². The summed E-state index contributed by atoms with van der Waals surface area (Å²) >= 11 is 0. The lowest BCUT2D eigenvalue weighted by Crippen LogP contribution is -2.14. The Bertz CT molecular complexity index is 1360. The van der Waals surface area contributed by atoms with Crippen molar-refractivity contribution < 1.29 is 14.6 Å². The van der Waals surface area contributed by atoms with Gasteiger partial charge in [0.15, 0.2) is 0 Å². The number of carbonyl (C=O) groups excluding carboxylic acids is 1. The van der Waals surface area contributed by atoms with Gasteiger partial charge in [0, 0.05) is 29.7 Å². The number of aryl methyl sites for hydroxylation is 1. The van der Waals surface area contributed by atoms with Gasteiger partial charge in [-0.05, 0) is 42.8 Å². The summed E-state index contributed by atoms with van der Waals surface area (Å²) in [7, 11) is 0. The Morgan fingerprint density at radius 3 is 2.58 bits per heavy atom. The zero-order valence-electron chi connectivity index (χ0n) is 16.2. The molecule has 0 fully saturated rings. The highest BCUT2D eigenvalue weighted by Crippen LogP contribution is 2.27. The molecule has 0 aliphatic heterocycles. The quantitative estimate of drug-likeness (QED) is 0.378. The number of hydrogen-bond donors (Lipinski definition) is 1. The highest BCUT2D eigenvalue weighted by molar-refractivity contribution is 6.07. The first-order valence-electron chi connectivity index (χ1n) is 9.12. The van der Waals surface area contributed by atoms with Gasteiger partial charge in [0.2, 0.25) is 0 Å². The van der Waals surface area contributed by atoms with E-state index in [0.717, 1.165) is 35.0 Å². The number of fused-ring (bicyclic) bond motifs is 1. The van der Waals surface area contributed by atoms with Crippen LogP contribution in [0.15, 0.2) is 67.0 Å². The number of amides is 1. The van der Waals surface area contributed by atoms with E-state index in [4.69, 9.17) is 0 Å². The third kappa shape index (κ3) is 3.94. The standard InChI is InChI=1S/C21H15N5O5/c1-13-7-8-24-12-18(23-20(24)9-13)14-3-2-4-15(10-14)22-21(27)17-6-5-16(25(28)29)11-19(17)26(30)31/h2-12H,1H3,(H,22,27). The number of imidazole rings is 1. The molecule has 2 heterocycles. The summed E-state index contributed by atoms with van der Waals surface area (Å²) in [4.78, 5) is 37.8. The molecule has 1 N–H and O–H groups in total. The number of non-ortho nitro benzene ring substituents is 1. The van der Waals surface area contributed by atoms with Crippen LogP contribution in [-0.4, -0.2) is 25.1 Å². The van der Waals surface area contributed by atoms with E-state index in [-0.39, 0.29) is 5.56 Å². The van der Waals surface area contributed by atoms with Crippen LogP contribution in [0.4, 0.5) is 17.1 Å². The van der Waals surface area contributed by atoms with Gasteiger partial charge in [0.25, 0.3) is 17.3 Å². The summed E-state index contributed by atoms with van der Waals surface area (Å²) in [5, 5.41) is 24.8. The second kappa shape index (κ2) is 7.67. The molecule has 10 nitrogen and oxygen atoms in total. The first kappa shape index (κ1) is 19.7. The average molecular weight is 417 g/mol.